The predicted molar refractivity (Wildman–Crippen MR) is 102 cm³/mol. The summed E-state index contributed by atoms with van der Waals surface area (Å²) in [6.45, 7) is -0.313. The van der Waals surface area contributed by atoms with Gasteiger partial charge in [0, 0.05) is 21.7 Å². The molecule has 2 aliphatic heterocycles. The normalized spacial score (nSPS) is 22.9. The maximum Gasteiger partial charge on any atom is 0.325 e. The van der Waals surface area contributed by atoms with E-state index >= 15 is 0 Å². The highest BCUT2D eigenvalue weighted by atomic mass is 32.1. The first-order valence-corrected chi connectivity index (χ1v) is 10.0. The fraction of sp³-hybridized carbons (Fsp3) is 0.300. The lowest BCUT2D eigenvalue weighted by molar-refractivity contribution is -0.131. The van der Waals surface area contributed by atoms with Crippen molar-refractivity contribution in [3.8, 4) is 0 Å². The number of benzene rings is 1. The zero-order valence-corrected chi connectivity index (χ0v) is 15.7. The first kappa shape index (κ1) is 17.1. The van der Waals surface area contributed by atoms with Crippen LogP contribution in [0, 0.1) is 0 Å². The summed E-state index contributed by atoms with van der Waals surface area (Å²) in [5.74, 6) is -0.799. The van der Waals surface area contributed by atoms with Gasteiger partial charge < -0.3 is 10.6 Å². The van der Waals surface area contributed by atoms with Crippen molar-refractivity contribution in [3.63, 3.8) is 0 Å². The Morgan fingerprint density at radius 2 is 2.07 bits per heavy atom. The number of carbonyl (C=O) groups excluding carboxylic acids is 4. The minimum absolute atomic E-state index is 0.112. The Kier molecular flexibility index (Phi) is 3.67. The minimum Gasteiger partial charge on any atom is -0.326 e. The molecule has 1 saturated heterocycles. The SMILES string of the molecule is O=C1Cc2cc(C(=O)CN3C(=O)N[C@@]4(CCCc5sccc54)C3=O)ccc2N1. The molecule has 0 saturated carbocycles. The van der Waals surface area contributed by atoms with E-state index in [0.29, 0.717) is 17.7 Å². The molecule has 28 heavy (non-hydrogen) atoms. The third-order valence-electron chi connectivity index (χ3n) is 5.69. The molecular formula is C20H17N3O4S. The van der Waals surface area contributed by atoms with Crippen LogP contribution in [0.2, 0.25) is 0 Å². The second-order valence-corrected chi connectivity index (χ2v) is 8.36. The van der Waals surface area contributed by atoms with Gasteiger partial charge in [-0.25, -0.2) is 4.79 Å². The Morgan fingerprint density at radius 1 is 1.21 bits per heavy atom. The maximum absolute atomic E-state index is 13.2. The topological polar surface area (TPSA) is 95.6 Å². The van der Waals surface area contributed by atoms with E-state index in [1.54, 1.807) is 29.5 Å². The molecule has 0 radical (unpaired) electrons. The van der Waals surface area contributed by atoms with E-state index in [2.05, 4.69) is 10.6 Å². The van der Waals surface area contributed by atoms with Crippen LogP contribution in [0.5, 0.6) is 0 Å². The average molecular weight is 395 g/mol. The number of amides is 4. The van der Waals surface area contributed by atoms with Crippen LogP contribution in [-0.2, 0) is 28.0 Å². The van der Waals surface area contributed by atoms with Crippen molar-refractivity contribution < 1.29 is 19.2 Å². The summed E-state index contributed by atoms with van der Waals surface area (Å²) in [7, 11) is 0. The van der Waals surface area contributed by atoms with Gasteiger partial charge in [0.25, 0.3) is 5.91 Å². The molecule has 1 aliphatic carbocycles. The van der Waals surface area contributed by atoms with Crippen molar-refractivity contribution >= 4 is 40.7 Å². The van der Waals surface area contributed by atoms with E-state index in [-0.39, 0.29) is 30.6 Å². The molecule has 5 rings (SSSR count). The average Bonchev–Trinajstić information content (AvgIpc) is 3.35. The largest absolute Gasteiger partial charge is 0.326 e. The van der Waals surface area contributed by atoms with Crippen LogP contribution in [0.25, 0.3) is 0 Å². The van der Waals surface area contributed by atoms with Crippen LogP contribution in [0.1, 0.15) is 39.2 Å². The lowest BCUT2D eigenvalue weighted by atomic mass is 9.80. The predicted octanol–water partition coefficient (Wildman–Crippen LogP) is 2.21. The fourth-order valence-electron chi connectivity index (χ4n) is 4.32. The molecule has 2 N–H and O–H groups in total. The number of Topliss-reactive ketones (excluding diaryl/α,β-unsaturated/α-hetero) is 1. The molecular weight excluding hydrogens is 378 g/mol. The van der Waals surface area contributed by atoms with Gasteiger partial charge in [-0.3, -0.25) is 19.3 Å². The van der Waals surface area contributed by atoms with Crippen LogP contribution in [0.4, 0.5) is 10.5 Å². The van der Waals surface area contributed by atoms with Crippen LogP contribution in [0.3, 0.4) is 0 Å². The van der Waals surface area contributed by atoms with Crippen molar-refractivity contribution in [1.82, 2.24) is 10.2 Å². The molecule has 4 amide bonds. The molecule has 1 spiro atoms. The van der Waals surface area contributed by atoms with Gasteiger partial charge in [0.1, 0.15) is 5.54 Å². The highest BCUT2D eigenvalue weighted by Gasteiger charge is 2.54. The molecule has 1 atom stereocenters. The third-order valence-corrected chi connectivity index (χ3v) is 6.67. The molecule has 1 aromatic heterocycles. The van der Waals surface area contributed by atoms with Gasteiger partial charge in [0.15, 0.2) is 5.78 Å². The molecule has 7 nitrogen and oxygen atoms in total. The standard InChI is InChI=1S/C20H17N3O4S/c24-15(11-3-4-14-12(8-11)9-17(25)21-14)10-23-18(26)20(22-19(23)27)6-1-2-16-13(20)5-7-28-16/h3-5,7-8H,1-2,6,9-10H2,(H,21,25)(H,22,27)/t20-/m1/s1. The number of thiophene rings is 1. The third kappa shape index (κ3) is 2.41. The summed E-state index contributed by atoms with van der Waals surface area (Å²) < 4.78 is 0. The number of aryl methyl sites for hydroxylation is 1. The molecule has 1 fully saturated rings. The number of ketones is 1. The second kappa shape index (κ2) is 6.00. The first-order chi connectivity index (χ1) is 13.5. The van der Waals surface area contributed by atoms with Crippen molar-refractivity contribution in [2.75, 3.05) is 11.9 Å². The first-order valence-electron chi connectivity index (χ1n) is 9.15. The van der Waals surface area contributed by atoms with E-state index in [1.165, 1.54) is 0 Å². The monoisotopic (exact) mass is 395 g/mol. The van der Waals surface area contributed by atoms with Gasteiger partial charge in [0.2, 0.25) is 5.91 Å². The molecule has 3 aliphatic rings. The number of nitrogens with zero attached hydrogens (tertiary/aromatic N) is 1. The Morgan fingerprint density at radius 3 is 2.93 bits per heavy atom. The fourth-order valence-corrected chi connectivity index (χ4v) is 5.32. The minimum atomic E-state index is -1.04. The van der Waals surface area contributed by atoms with Gasteiger partial charge in [-0.1, -0.05) is 0 Å². The van der Waals surface area contributed by atoms with E-state index in [9.17, 15) is 19.2 Å². The number of hydrogen-bond acceptors (Lipinski definition) is 5. The second-order valence-electron chi connectivity index (χ2n) is 7.36. The number of fused-ring (bicyclic) bond motifs is 3. The van der Waals surface area contributed by atoms with Crippen molar-refractivity contribution in [3.05, 3.63) is 51.2 Å². The number of rotatable bonds is 3. The van der Waals surface area contributed by atoms with Gasteiger partial charge in [-0.15, -0.1) is 11.3 Å². The van der Waals surface area contributed by atoms with Gasteiger partial charge in [-0.05, 0) is 54.5 Å². The summed E-state index contributed by atoms with van der Waals surface area (Å²) in [4.78, 5) is 52.2. The van der Waals surface area contributed by atoms with Crippen LogP contribution in [0.15, 0.2) is 29.6 Å². The lowest BCUT2D eigenvalue weighted by Crippen LogP contribution is -2.46. The molecule has 2 aromatic rings. The van der Waals surface area contributed by atoms with Crippen LogP contribution >= 0.6 is 11.3 Å². The summed E-state index contributed by atoms with van der Waals surface area (Å²) in [5.41, 5.74) is 1.65. The summed E-state index contributed by atoms with van der Waals surface area (Å²) in [5, 5.41) is 7.51. The number of carbonyl (C=O) groups is 4. The number of urea groups is 1. The lowest BCUT2D eigenvalue weighted by Gasteiger charge is -2.31. The van der Waals surface area contributed by atoms with Gasteiger partial charge in [-0.2, -0.15) is 0 Å². The highest BCUT2D eigenvalue weighted by Crippen LogP contribution is 2.42. The van der Waals surface area contributed by atoms with Crippen molar-refractivity contribution in [1.29, 1.82) is 0 Å². The summed E-state index contributed by atoms with van der Waals surface area (Å²) in [6.07, 6.45) is 2.48. The molecule has 0 bridgehead atoms. The molecule has 142 valence electrons. The van der Waals surface area contributed by atoms with Gasteiger partial charge in [0.05, 0.1) is 13.0 Å². The number of anilines is 1. The van der Waals surface area contributed by atoms with E-state index in [4.69, 9.17) is 0 Å². The quantitative estimate of drug-likeness (QED) is 0.615. The van der Waals surface area contributed by atoms with E-state index < -0.39 is 11.6 Å². The van der Waals surface area contributed by atoms with E-state index in [1.807, 2.05) is 11.4 Å². The Balaban J connectivity index is 1.40. The number of imide groups is 1. The smallest absolute Gasteiger partial charge is 0.325 e. The number of hydrogen-bond donors (Lipinski definition) is 2. The Hall–Kier alpha value is -3.00. The highest BCUT2D eigenvalue weighted by molar-refractivity contribution is 7.10. The Labute approximate surface area is 164 Å². The van der Waals surface area contributed by atoms with Crippen molar-refractivity contribution in [2.24, 2.45) is 0 Å². The van der Waals surface area contributed by atoms with Crippen LogP contribution in [-0.4, -0.2) is 35.1 Å². The summed E-state index contributed by atoms with van der Waals surface area (Å²) in [6, 6.07) is 6.31. The summed E-state index contributed by atoms with van der Waals surface area (Å²) >= 11 is 1.59. The van der Waals surface area contributed by atoms with Crippen molar-refractivity contribution in [2.45, 2.75) is 31.2 Å². The zero-order valence-electron chi connectivity index (χ0n) is 14.9. The number of nitrogens with one attached hydrogen (secondary N) is 2. The zero-order chi connectivity index (χ0) is 19.5. The van der Waals surface area contributed by atoms with Crippen LogP contribution < -0.4 is 10.6 Å². The van der Waals surface area contributed by atoms with Gasteiger partial charge >= 0.3 is 6.03 Å². The molecule has 0 unspecified atom stereocenters. The Bertz CT molecular complexity index is 1060. The molecule has 1 aromatic carbocycles. The molecule has 3 heterocycles. The maximum atomic E-state index is 13.2. The molecule has 8 heteroatoms. The van der Waals surface area contributed by atoms with E-state index in [0.717, 1.165) is 33.7 Å².